The van der Waals surface area contributed by atoms with E-state index in [-0.39, 0.29) is 0 Å². The Bertz CT molecular complexity index is 926. The van der Waals surface area contributed by atoms with E-state index in [1.165, 1.54) is 17.6 Å². The number of hydrogen-bond acceptors (Lipinski definition) is 2. The largest absolute Gasteiger partial charge is 0.346 e. The molecule has 0 amide bonds. The second-order valence-corrected chi connectivity index (χ2v) is 7.94. The normalized spacial score (nSPS) is 20.3. The molecule has 0 aliphatic heterocycles. The van der Waals surface area contributed by atoms with Gasteiger partial charge in [0.1, 0.15) is 5.65 Å². The lowest BCUT2D eigenvalue weighted by Crippen LogP contribution is -2.20. The molecule has 0 fully saturated rings. The third kappa shape index (κ3) is 2.66. The van der Waals surface area contributed by atoms with E-state index in [0.717, 1.165) is 28.6 Å². The highest BCUT2D eigenvalue weighted by molar-refractivity contribution is 5.95. The third-order valence-electron chi connectivity index (χ3n) is 4.95. The van der Waals surface area contributed by atoms with E-state index in [9.17, 15) is 0 Å². The molecule has 0 aromatic carbocycles. The van der Waals surface area contributed by atoms with Gasteiger partial charge < -0.3 is 4.98 Å². The van der Waals surface area contributed by atoms with Gasteiger partial charge in [-0.1, -0.05) is 26.8 Å². The number of aromatic amines is 1. The third-order valence-corrected chi connectivity index (χ3v) is 4.95. The molecule has 3 heterocycles. The summed E-state index contributed by atoms with van der Waals surface area (Å²) >= 11 is 0. The highest BCUT2D eigenvalue weighted by Crippen LogP contribution is 2.42. The number of hydrogen-bond donors (Lipinski definition) is 1. The van der Waals surface area contributed by atoms with Crippen LogP contribution >= 0.6 is 0 Å². The molecule has 0 saturated heterocycles. The number of allylic oxidation sites excluding steroid dienone is 2. The van der Waals surface area contributed by atoms with Crippen molar-refractivity contribution in [1.29, 1.82) is 0 Å². The molecule has 0 bridgehead atoms. The molecule has 4 rings (SSSR count). The predicted molar refractivity (Wildman–Crippen MR) is 98.5 cm³/mol. The Labute approximate surface area is 142 Å². The molecule has 1 aliphatic rings. The highest BCUT2D eigenvalue weighted by Gasteiger charge is 2.27. The fourth-order valence-electron chi connectivity index (χ4n) is 4.10. The first-order valence-corrected chi connectivity index (χ1v) is 8.58. The van der Waals surface area contributed by atoms with E-state index in [2.05, 4.69) is 48.0 Å². The first kappa shape index (κ1) is 15.2. The van der Waals surface area contributed by atoms with Crippen molar-refractivity contribution < 1.29 is 0 Å². The van der Waals surface area contributed by atoms with E-state index >= 15 is 0 Å². The van der Waals surface area contributed by atoms with Crippen molar-refractivity contribution in [2.24, 2.45) is 18.4 Å². The smallest absolute Gasteiger partial charge is 0.137 e. The number of fused-ring (bicyclic) bond motifs is 1. The quantitative estimate of drug-likeness (QED) is 0.737. The van der Waals surface area contributed by atoms with Crippen LogP contribution in [0, 0.1) is 11.3 Å². The molecule has 4 nitrogen and oxygen atoms in total. The van der Waals surface area contributed by atoms with Crippen molar-refractivity contribution in [1.82, 2.24) is 19.7 Å². The summed E-state index contributed by atoms with van der Waals surface area (Å²) in [4.78, 5) is 7.94. The zero-order chi connectivity index (χ0) is 16.9. The van der Waals surface area contributed by atoms with Gasteiger partial charge in [0, 0.05) is 42.2 Å². The second kappa shape index (κ2) is 5.33. The van der Waals surface area contributed by atoms with Crippen molar-refractivity contribution in [3.8, 4) is 11.1 Å². The summed E-state index contributed by atoms with van der Waals surface area (Å²) in [5.41, 5.74) is 6.23. The van der Waals surface area contributed by atoms with Crippen molar-refractivity contribution >= 4 is 16.6 Å². The van der Waals surface area contributed by atoms with Gasteiger partial charge in [-0.3, -0.25) is 4.68 Å². The van der Waals surface area contributed by atoms with Crippen LogP contribution < -0.4 is 0 Å². The van der Waals surface area contributed by atoms with E-state index in [1.807, 2.05) is 36.5 Å². The minimum Gasteiger partial charge on any atom is -0.346 e. The Hall–Kier alpha value is -2.36. The van der Waals surface area contributed by atoms with Crippen molar-refractivity contribution in [2.45, 2.75) is 33.6 Å². The van der Waals surface area contributed by atoms with Crippen LogP contribution in [0.4, 0.5) is 0 Å². The van der Waals surface area contributed by atoms with Crippen LogP contribution in [-0.2, 0) is 7.05 Å². The zero-order valence-electron chi connectivity index (χ0n) is 14.8. The maximum absolute atomic E-state index is 4.66. The van der Waals surface area contributed by atoms with E-state index in [4.69, 9.17) is 0 Å². The first-order chi connectivity index (χ1) is 11.4. The standard InChI is InChI=1S/C20H24N4/c1-13-5-14(8-20(2,3)7-13)15-6-17-18(11-22-19(17)21-9-15)16-10-23-24(4)12-16/h5-6,9-13H,7-8H2,1-4H3,(H,21,22). The zero-order valence-corrected chi connectivity index (χ0v) is 14.8. The summed E-state index contributed by atoms with van der Waals surface area (Å²) in [6.45, 7) is 7.03. The van der Waals surface area contributed by atoms with Crippen molar-refractivity contribution in [3.63, 3.8) is 0 Å². The highest BCUT2D eigenvalue weighted by atomic mass is 15.2. The fraction of sp³-hybridized carbons (Fsp3) is 0.400. The SMILES string of the molecule is CC1C=C(c2cnc3[nH]cc(-c4cnn(C)c4)c3c2)CC(C)(C)C1. The van der Waals surface area contributed by atoms with Crippen molar-refractivity contribution in [3.05, 3.63) is 42.5 Å². The van der Waals surface area contributed by atoms with Gasteiger partial charge in [0.15, 0.2) is 0 Å². The molecule has 124 valence electrons. The summed E-state index contributed by atoms with van der Waals surface area (Å²) in [6, 6.07) is 2.28. The summed E-state index contributed by atoms with van der Waals surface area (Å²) < 4.78 is 1.83. The van der Waals surface area contributed by atoms with Crippen LogP contribution in [0.15, 0.2) is 36.9 Å². The molecule has 0 radical (unpaired) electrons. The predicted octanol–water partition coefficient (Wildman–Crippen LogP) is 4.80. The minimum absolute atomic E-state index is 0.350. The number of aromatic nitrogens is 4. The number of aryl methyl sites for hydroxylation is 1. The summed E-state index contributed by atoms with van der Waals surface area (Å²) in [6.07, 6.45) is 12.8. The molecule has 1 unspecified atom stereocenters. The Kier molecular flexibility index (Phi) is 3.37. The molecule has 4 heteroatoms. The van der Waals surface area contributed by atoms with Crippen LogP contribution in [0.1, 0.15) is 39.2 Å². The minimum atomic E-state index is 0.350. The lowest BCUT2D eigenvalue weighted by atomic mass is 9.72. The number of rotatable bonds is 2. The van der Waals surface area contributed by atoms with Crippen LogP contribution in [-0.4, -0.2) is 19.7 Å². The second-order valence-electron chi connectivity index (χ2n) is 7.94. The lowest BCUT2D eigenvalue weighted by Gasteiger charge is -2.33. The fourth-order valence-corrected chi connectivity index (χ4v) is 4.10. The molecule has 1 atom stereocenters. The van der Waals surface area contributed by atoms with Crippen LogP contribution in [0.5, 0.6) is 0 Å². The van der Waals surface area contributed by atoms with Crippen LogP contribution in [0.25, 0.3) is 27.7 Å². The molecule has 3 aromatic heterocycles. The average molecular weight is 320 g/mol. The Morgan fingerprint density at radius 2 is 2.08 bits per heavy atom. The molecule has 0 spiro atoms. The molecule has 1 N–H and O–H groups in total. The van der Waals surface area contributed by atoms with Gasteiger partial charge in [-0.25, -0.2) is 4.98 Å². The van der Waals surface area contributed by atoms with Crippen LogP contribution in [0.3, 0.4) is 0 Å². The summed E-state index contributed by atoms with van der Waals surface area (Å²) in [7, 11) is 1.94. The Morgan fingerprint density at radius 1 is 1.25 bits per heavy atom. The topological polar surface area (TPSA) is 46.5 Å². The van der Waals surface area contributed by atoms with E-state index in [1.54, 1.807) is 0 Å². The van der Waals surface area contributed by atoms with Gasteiger partial charge in [-0.15, -0.1) is 0 Å². The molecular formula is C20H24N4. The summed E-state index contributed by atoms with van der Waals surface area (Å²) in [5, 5.41) is 5.46. The molecule has 3 aromatic rings. The molecule has 1 aliphatic carbocycles. The maximum atomic E-state index is 4.66. The monoisotopic (exact) mass is 320 g/mol. The van der Waals surface area contributed by atoms with E-state index < -0.39 is 0 Å². The average Bonchev–Trinajstić information content (AvgIpc) is 3.10. The van der Waals surface area contributed by atoms with Gasteiger partial charge in [0.25, 0.3) is 0 Å². The number of H-pyrrole nitrogens is 1. The number of pyridine rings is 1. The lowest BCUT2D eigenvalue weighted by molar-refractivity contribution is 0.296. The van der Waals surface area contributed by atoms with Crippen LogP contribution in [0.2, 0.25) is 0 Å². The van der Waals surface area contributed by atoms with Gasteiger partial charge in [0.05, 0.1) is 6.20 Å². The van der Waals surface area contributed by atoms with Gasteiger partial charge >= 0.3 is 0 Å². The maximum Gasteiger partial charge on any atom is 0.137 e. The van der Waals surface area contributed by atoms with E-state index in [0.29, 0.717) is 11.3 Å². The molecule has 0 saturated carbocycles. The van der Waals surface area contributed by atoms with Gasteiger partial charge in [-0.2, -0.15) is 5.10 Å². The number of nitrogens with zero attached hydrogens (tertiary/aromatic N) is 3. The Balaban J connectivity index is 1.81. The van der Waals surface area contributed by atoms with Gasteiger partial charge in [0.2, 0.25) is 0 Å². The molecular weight excluding hydrogens is 296 g/mol. The Morgan fingerprint density at radius 3 is 2.79 bits per heavy atom. The van der Waals surface area contributed by atoms with Crippen molar-refractivity contribution in [2.75, 3.05) is 0 Å². The summed E-state index contributed by atoms with van der Waals surface area (Å²) in [5.74, 6) is 0.614. The molecule has 24 heavy (non-hydrogen) atoms. The first-order valence-electron chi connectivity index (χ1n) is 8.58. The number of nitrogens with one attached hydrogen (secondary N) is 1. The van der Waals surface area contributed by atoms with Gasteiger partial charge in [-0.05, 0) is 41.4 Å².